The maximum absolute atomic E-state index is 4.64. The van der Waals surface area contributed by atoms with E-state index in [1.165, 1.54) is 15.9 Å². The molecule has 0 spiro atoms. The van der Waals surface area contributed by atoms with E-state index in [-0.39, 0.29) is 0 Å². The van der Waals surface area contributed by atoms with Crippen molar-refractivity contribution in [2.24, 2.45) is 0 Å². The molecule has 0 aliphatic rings. The highest BCUT2D eigenvalue weighted by molar-refractivity contribution is 7.23. The minimum absolute atomic E-state index is 1.06. The SMILES string of the molecule is C/C=C/C=C\c1c(C)nc2sc3ccccc3n12. The standard InChI is InChI=1S/C15H14N2S/c1-3-4-5-8-12-11(2)16-15-17(12)13-9-6-7-10-14(13)18-15/h3-10H,1-2H3/b4-3+,8-5-. The predicted molar refractivity (Wildman–Crippen MR) is 79.2 cm³/mol. The Morgan fingerprint density at radius 2 is 2.06 bits per heavy atom. The zero-order chi connectivity index (χ0) is 12.5. The van der Waals surface area contributed by atoms with Crippen molar-refractivity contribution in [2.75, 3.05) is 0 Å². The number of hydrogen-bond acceptors (Lipinski definition) is 2. The summed E-state index contributed by atoms with van der Waals surface area (Å²) in [4.78, 5) is 5.70. The van der Waals surface area contributed by atoms with E-state index in [0.717, 1.165) is 10.7 Å². The van der Waals surface area contributed by atoms with Crippen molar-refractivity contribution in [3.8, 4) is 0 Å². The maximum atomic E-state index is 4.64. The first-order chi connectivity index (χ1) is 8.81. The van der Waals surface area contributed by atoms with Crippen LogP contribution in [0.2, 0.25) is 0 Å². The number of allylic oxidation sites excluding steroid dienone is 3. The molecule has 0 radical (unpaired) electrons. The number of benzene rings is 1. The molecular weight excluding hydrogens is 240 g/mol. The molecule has 2 aromatic heterocycles. The fraction of sp³-hybridized carbons (Fsp3) is 0.133. The van der Waals surface area contributed by atoms with Crippen LogP contribution in [0.4, 0.5) is 0 Å². The summed E-state index contributed by atoms with van der Waals surface area (Å²) in [5, 5.41) is 0. The topological polar surface area (TPSA) is 17.3 Å². The van der Waals surface area contributed by atoms with Crippen LogP contribution >= 0.6 is 11.3 Å². The highest BCUT2D eigenvalue weighted by Gasteiger charge is 2.11. The Kier molecular flexibility index (Phi) is 2.76. The molecule has 0 amide bonds. The van der Waals surface area contributed by atoms with Crippen LogP contribution in [0, 0.1) is 6.92 Å². The second-order valence-corrected chi connectivity index (χ2v) is 5.16. The molecule has 0 bridgehead atoms. The monoisotopic (exact) mass is 254 g/mol. The lowest BCUT2D eigenvalue weighted by molar-refractivity contribution is 1.24. The molecular formula is C15H14N2S. The third kappa shape index (κ3) is 1.68. The Morgan fingerprint density at radius 1 is 1.22 bits per heavy atom. The summed E-state index contributed by atoms with van der Waals surface area (Å²) >= 11 is 1.74. The molecule has 0 saturated carbocycles. The van der Waals surface area contributed by atoms with Crippen LogP contribution in [0.25, 0.3) is 21.3 Å². The quantitative estimate of drug-likeness (QED) is 0.618. The molecule has 3 aromatic rings. The zero-order valence-corrected chi connectivity index (χ0v) is 11.2. The van der Waals surface area contributed by atoms with Crippen molar-refractivity contribution in [3.63, 3.8) is 0 Å². The minimum atomic E-state index is 1.06. The lowest BCUT2D eigenvalue weighted by atomic mass is 10.3. The molecule has 18 heavy (non-hydrogen) atoms. The van der Waals surface area contributed by atoms with Crippen LogP contribution in [-0.4, -0.2) is 9.38 Å². The molecule has 0 saturated heterocycles. The molecule has 2 heterocycles. The molecule has 90 valence electrons. The first-order valence-corrected chi connectivity index (χ1v) is 6.79. The van der Waals surface area contributed by atoms with Gasteiger partial charge in [-0.15, -0.1) is 0 Å². The Bertz CT molecular complexity index is 759. The summed E-state index contributed by atoms with van der Waals surface area (Å²) in [5.74, 6) is 0. The molecule has 0 N–H and O–H groups in total. The van der Waals surface area contributed by atoms with Gasteiger partial charge in [-0.2, -0.15) is 0 Å². The Morgan fingerprint density at radius 3 is 2.89 bits per heavy atom. The van der Waals surface area contributed by atoms with Gasteiger partial charge in [-0.1, -0.05) is 41.7 Å². The van der Waals surface area contributed by atoms with E-state index in [0.29, 0.717) is 0 Å². The number of aryl methyl sites for hydroxylation is 1. The van der Waals surface area contributed by atoms with Crippen LogP contribution in [0.3, 0.4) is 0 Å². The molecule has 0 fully saturated rings. The van der Waals surface area contributed by atoms with E-state index in [2.05, 4.69) is 52.7 Å². The summed E-state index contributed by atoms with van der Waals surface area (Å²) in [6, 6.07) is 8.43. The Balaban J connectivity index is 2.31. The van der Waals surface area contributed by atoms with Crippen molar-refractivity contribution in [1.29, 1.82) is 0 Å². The number of nitrogens with zero attached hydrogens (tertiary/aromatic N) is 2. The van der Waals surface area contributed by atoms with Crippen LogP contribution in [0.1, 0.15) is 18.3 Å². The number of rotatable bonds is 2. The molecule has 0 aliphatic carbocycles. The highest BCUT2D eigenvalue weighted by atomic mass is 32.1. The Hall–Kier alpha value is -1.87. The van der Waals surface area contributed by atoms with Gasteiger partial charge in [-0.25, -0.2) is 4.98 Å². The van der Waals surface area contributed by atoms with Gasteiger partial charge in [0.2, 0.25) is 0 Å². The Labute approximate surface area is 110 Å². The van der Waals surface area contributed by atoms with Crippen LogP contribution in [0.15, 0.2) is 42.5 Å². The molecule has 0 atom stereocenters. The summed E-state index contributed by atoms with van der Waals surface area (Å²) in [6.07, 6.45) is 8.24. The molecule has 0 unspecified atom stereocenters. The van der Waals surface area contributed by atoms with Crippen LogP contribution in [0.5, 0.6) is 0 Å². The number of para-hydroxylation sites is 1. The number of hydrogen-bond donors (Lipinski definition) is 0. The third-order valence-corrected chi connectivity index (χ3v) is 3.95. The van der Waals surface area contributed by atoms with Crippen molar-refractivity contribution in [3.05, 3.63) is 53.9 Å². The van der Waals surface area contributed by atoms with Gasteiger partial charge in [0, 0.05) is 0 Å². The number of aromatic nitrogens is 2. The number of imidazole rings is 1. The summed E-state index contributed by atoms with van der Waals surface area (Å²) < 4.78 is 3.51. The summed E-state index contributed by atoms with van der Waals surface area (Å²) in [6.45, 7) is 4.08. The zero-order valence-electron chi connectivity index (χ0n) is 10.4. The van der Waals surface area contributed by atoms with E-state index < -0.39 is 0 Å². The van der Waals surface area contributed by atoms with Gasteiger partial charge in [0.25, 0.3) is 0 Å². The van der Waals surface area contributed by atoms with Gasteiger partial charge in [0.05, 0.1) is 21.6 Å². The van der Waals surface area contributed by atoms with Gasteiger partial charge in [0.1, 0.15) is 0 Å². The molecule has 2 nitrogen and oxygen atoms in total. The van der Waals surface area contributed by atoms with Crippen molar-refractivity contribution >= 4 is 32.6 Å². The largest absolute Gasteiger partial charge is 0.283 e. The average Bonchev–Trinajstić information content (AvgIpc) is 2.86. The van der Waals surface area contributed by atoms with Crippen molar-refractivity contribution < 1.29 is 0 Å². The number of thiazole rings is 1. The van der Waals surface area contributed by atoms with E-state index in [1.807, 2.05) is 19.1 Å². The van der Waals surface area contributed by atoms with Crippen molar-refractivity contribution in [2.45, 2.75) is 13.8 Å². The normalized spacial score (nSPS) is 12.6. The van der Waals surface area contributed by atoms with E-state index in [4.69, 9.17) is 0 Å². The molecule has 1 aromatic carbocycles. The molecule has 3 rings (SSSR count). The second-order valence-electron chi connectivity index (χ2n) is 4.16. The lowest BCUT2D eigenvalue weighted by Gasteiger charge is -1.95. The van der Waals surface area contributed by atoms with Crippen LogP contribution in [-0.2, 0) is 0 Å². The summed E-state index contributed by atoms with van der Waals surface area (Å²) in [7, 11) is 0. The molecule has 3 heteroatoms. The smallest absolute Gasteiger partial charge is 0.195 e. The third-order valence-electron chi connectivity index (χ3n) is 2.93. The van der Waals surface area contributed by atoms with E-state index in [1.54, 1.807) is 11.3 Å². The van der Waals surface area contributed by atoms with E-state index in [9.17, 15) is 0 Å². The van der Waals surface area contributed by atoms with Crippen LogP contribution < -0.4 is 0 Å². The van der Waals surface area contributed by atoms with E-state index >= 15 is 0 Å². The number of fused-ring (bicyclic) bond motifs is 3. The van der Waals surface area contributed by atoms with Gasteiger partial charge in [-0.05, 0) is 32.1 Å². The maximum Gasteiger partial charge on any atom is 0.195 e. The van der Waals surface area contributed by atoms with Gasteiger partial charge < -0.3 is 0 Å². The summed E-state index contributed by atoms with van der Waals surface area (Å²) in [5.41, 5.74) is 3.48. The fourth-order valence-corrected chi connectivity index (χ4v) is 3.17. The first-order valence-electron chi connectivity index (χ1n) is 5.97. The van der Waals surface area contributed by atoms with Gasteiger partial charge in [0.15, 0.2) is 4.96 Å². The van der Waals surface area contributed by atoms with Gasteiger partial charge >= 0.3 is 0 Å². The minimum Gasteiger partial charge on any atom is -0.283 e. The average molecular weight is 254 g/mol. The fourth-order valence-electron chi connectivity index (χ4n) is 2.10. The lowest BCUT2D eigenvalue weighted by Crippen LogP contribution is -1.85. The highest BCUT2D eigenvalue weighted by Crippen LogP contribution is 2.28. The first kappa shape index (κ1) is 11.2. The van der Waals surface area contributed by atoms with Crippen molar-refractivity contribution in [1.82, 2.24) is 9.38 Å². The second kappa shape index (κ2) is 4.42. The molecule has 0 aliphatic heterocycles. The van der Waals surface area contributed by atoms with Gasteiger partial charge in [-0.3, -0.25) is 4.40 Å². The predicted octanol–water partition coefficient (Wildman–Crippen LogP) is 4.45.